The van der Waals surface area contributed by atoms with Gasteiger partial charge in [-0.3, -0.25) is 4.79 Å². The van der Waals surface area contributed by atoms with Crippen LogP contribution in [-0.4, -0.2) is 63.8 Å². The van der Waals surface area contributed by atoms with Gasteiger partial charge < -0.3 is 19.6 Å². The monoisotopic (exact) mass is 436 g/mol. The van der Waals surface area contributed by atoms with Crippen LogP contribution in [0.5, 0.6) is 5.75 Å². The lowest BCUT2D eigenvalue weighted by Gasteiger charge is -2.45. The summed E-state index contributed by atoms with van der Waals surface area (Å²) in [6.45, 7) is 6.15. The van der Waals surface area contributed by atoms with Crippen LogP contribution in [0.3, 0.4) is 0 Å². The Kier molecular flexibility index (Phi) is 4.97. The van der Waals surface area contributed by atoms with E-state index in [9.17, 15) is 14.3 Å². The zero-order valence-electron chi connectivity index (χ0n) is 18.1. The summed E-state index contributed by atoms with van der Waals surface area (Å²) in [5, 5.41) is 10.9. The van der Waals surface area contributed by atoms with Gasteiger partial charge in [-0.1, -0.05) is 12.1 Å². The van der Waals surface area contributed by atoms with Crippen LogP contribution in [-0.2, 0) is 9.53 Å². The number of phenolic OH excluding ortho intramolecular Hbond substituents is 1. The van der Waals surface area contributed by atoms with Crippen LogP contribution in [0.25, 0.3) is 22.3 Å². The Morgan fingerprint density at radius 3 is 2.53 bits per heavy atom. The number of hydrogen-bond donors (Lipinski definition) is 1. The fourth-order valence-electron chi connectivity index (χ4n) is 4.41. The first-order valence-electron chi connectivity index (χ1n) is 10.8. The van der Waals surface area contributed by atoms with E-state index in [4.69, 9.17) is 9.72 Å². The van der Waals surface area contributed by atoms with Gasteiger partial charge >= 0.3 is 0 Å². The van der Waals surface area contributed by atoms with Gasteiger partial charge in [0.1, 0.15) is 23.5 Å². The summed E-state index contributed by atoms with van der Waals surface area (Å²) in [5.74, 6) is 0.717. The maximum Gasteiger partial charge on any atom is 0.251 e. The quantitative estimate of drug-likeness (QED) is 0.678. The highest BCUT2D eigenvalue weighted by molar-refractivity contribution is 5.91. The van der Waals surface area contributed by atoms with Gasteiger partial charge in [-0.05, 0) is 44.2 Å². The molecule has 3 aromatic rings. The molecule has 2 fully saturated rings. The van der Waals surface area contributed by atoms with E-state index < -0.39 is 0 Å². The SMILES string of the molecule is CC1(C)C[C@H](C(=O)N2CCN(c3nc(-c4ccccc4O)nc4ccc(F)cc34)CC2)O1. The molecule has 0 bridgehead atoms. The fraction of sp³-hybridized carbons (Fsp3) is 0.375. The molecule has 1 N–H and O–H groups in total. The molecule has 166 valence electrons. The number of amides is 1. The third-order valence-electron chi connectivity index (χ3n) is 6.09. The molecule has 2 aliphatic rings. The smallest absolute Gasteiger partial charge is 0.251 e. The van der Waals surface area contributed by atoms with Gasteiger partial charge in [-0.15, -0.1) is 0 Å². The second kappa shape index (κ2) is 7.70. The Morgan fingerprint density at radius 2 is 1.84 bits per heavy atom. The van der Waals surface area contributed by atoms with Gasteiger partial charge in [-0.2, -0.15) is 0 Å². The molecule has 3 heterocycles. The summed E-state index contributed by atoms with van der Waals surface area (Å²) in [4.78, 5) is 25.9. The molecule has 2 aromatic carbocycles. The molecule has 0 saturated carbocycles. The largest absolute Gasteiger partial charge is 0.507 e. The van der Waals surface area contributed by atoms with Gasteiger partial charge in [0.25, 0.3) is 5.91 Å². The van der Waals surface area contributed by atoms with E-state index in [0.717, 1.165) is 6.42 Å². The van der Waals surface area contributed by atoms with Crippen molar-refractivity contribution >= 4 is 22.6 Å². The summed E-state index contributed by atoms with van der Waals surface area (Å²) in [5.41, 5.74) is 0.877. The van der Waals surface area contributed by atoms with E-state index in [1.54, 1.807) is 30.3 Å². The molecule has 7 nitrogen and oxygen atoms in total. The first kappa shape index (κ1) is 20.6. The van der Waals surface area contributed by atoms with E-state index in [1.807, 2.05) is 23.6 Å². The number of aromatic hydroxyl groups is 1. The Labute approximate surface area is 185 Å². The minimum absolute atomic E-state index is 0.0254. The maximum absolute atomic E-state index is 14.1. The van der Waals surface area contributed by atoms with Crippen molar-refractivity contribution in [3.8, 4) is 17.1 Å². The van der Waals surface area contributed by atoms with Crippen LogP contribution in [0.1, 0.15) is 20.3 Å². The lowest BCUT2D eigenvalue weighted by molar-refractivity contribution is -0.200. The summed E-state index contributed by atoms with van der Waals surface area (Å²) in [7, 11) is 0. The number of phenols is 1. The van der Waals surface area contributed by atoms with Crippen LogP contribution in [0.4, 0.5) is 10.2 Å². The van der Waals surface area contributed by atoms with Crippen molar-refractivity contribution in [3.05, 3.63) is 48.3 Å². The molecule has 1 aromatic heterocycles. The molecule has 32 heavy (non-hydrogen) atoms. The van der Waals surface area contributed by atoms with Crippen LogP contribution in [0, 0.1) is 5.82 Å². The molecule has 0 spiro atoms. The van der Waals surface area contributed by atoms with Crippen LogP contribution < -0.4 is 4.90 Å². The number of fused-ring (bicyclic) bond motifs is 1. The van der Waals surface area contributed by atoms with Gasteiger partial charge in [0.15, 0.2) is 5.82 Å². The number of anilines is 1. The number of carbonyl (C=O) groups excluding carboxylic acids is 1. The highest BCUT2D eigenvalue weighted by Crippen LogP contribution is 2.34. The lowest BCUT2D eigenvalue weighted by atomic mass is 9.92. The van der Waals surface area contributed by atoms with Crippen molar-refractivity contribution in [2.45, 2.75) is 32.0 Å². The Balaban J connectivity index is 1.43. The minimum atomic E-state index is -0.365. The third kappa shape index (κ3) is 3.75. The Hall–Kier alpha value is -3.26. The molecule has 0 radical (unpaired) electrons. The molecule has 8 heteroatoms. The zero-order chi connectivity index (χ0) is 22.5. The number of piperazine rings is 1. The first-order valence-corrected chi connectivity index (χ1v) is 10.8. The molecular weight excluding hydrogens is 411 g/mol. The normalized spacial score (nSPS) is 20.3. The molecule has 1 atom stereocenters. The standard InChI is InChI=1S/C24H25FN4O3/c1-24(2)14-20(32-24)23(31)29-11-9-28(10-12-29)22-17-13-15(25)7-8-18(17)26-21(27-22)16-5-3-4-6-19(16)30/h3-8,13,20,30H,9-12,14H2,1-2H3/t20-/m1/s1. The molecule has 1 amide bonds. The van der Waals surface area contributed by atoms with Gasteiger partial charge in [0.05, 0.1) is 16.7 Å². The summed E-state index contributed by atoms with van der Waals surface area (Å²) >= 11 is 0. The maximum atomic E-state index is 14.1. The van der Waals surface area contributed by atoms with Crippen LogP contribution >= 0.6 is 0 Å². The van der Waals surface area contributed by atoms with Gasteiger partial charge in [-0.25, -0.2) is 14.4 Å². The van der Waals surface area contributed by atoms with Crippen molar-refractivity contribution in [3.63, 3.8) is 0 Å². The molecule has 0 aliphatic carbocycles. The second-order valence-electron chi connectivity index (χ2n) is 8.93. The average molecular weight is 436 g/mol. The summed E-state index contributed by atoms with van der Waals surface area (Å²) < 4.78 is 19.8. The Bertz CT molecular complexity index is 1180. The fourth-order valence-corrected chi connectivity index (χ4v) is 4.41. The predicted molar refractivity (Wildman–Crippen MR) is 119 cm³/mol. The van der Waals surface area contributed by atoms with Crippen LogP contribution in [0.2, 0.25) is 0 Å². The van der Waals surface area contributed by atoms with Gasteiger partial charge in [0, 0.05) is 38.0 Å². The van der Waals surface area contributed by atoms with E-state index in [-0.39, 0.29) is 29.2 Å². The Morgan fingerprint density at radius 1 is 1.12 bits per heavy atom. The number of nitrogens with zero attached hydrogens (tertiary/aromatic N) is 4. The lowest BCUT2D eigenvalue weighted by Crippen LogP contribution is -2.58. The number of benzene rings is 2. The molecule has 2 saturated heterocycles. The molecule has 0 unspecified atom stereocenters. The number of rotatable bonds is 3. The zero-order valence-corrected chi connectivity index (χ0v) is 18.1. The molecular formula is C24H25FN4O3. The summed E-state index contributed by atoms with van der Waals surface area (Å²) in [6, 6.07) is 11.3. The number of carbonyl (C=O) groups is 1. The number of hydrogen-bond acceptors (Lipinski definition) is 6. The topological polar surface area (TPSA) is 78.8 Å². The first-order chi connectivity index (χ1) is 15.3. The molecule has 2 aliphatic heterocycles. The predicted octanol–water partition coefficient (Wildman–Crippen LogP) is 3.36. The summed E-state index contributed by atoms with van der Waals surface area (Å²) in [6.07, 6.45) is 0.365. The third-order valence-corrected chi connectivity index (χ3v) is 6.09. The van der Waals surface area contributed by atoms with E-state index >= 15 is 0 Å². The highest BCUT2D eigenvalue weighted by Gasteiger charge is 2.43. The van der Waals surface area contributed by atoms with Crippen molar-refractivity contribution in [2.75, 3.05) is 31.1 Å². The minimum Gasteiger partial charge on any atom is -0.507 e. The molecule has 5 rings (SSSR count). The second-order valence-corrected chi connectivity index (χ2v) is 8.93. The number of para-hydroxylation sites is 1. The highest BCUT2D eigenvalue weighted by atomic mass is 19.1. The number of ether oxygens (including phenoxy) is 1. The van der Waals surface area contributed by atoms with Gasteiger partial charge in [0.2, 0.25) is 0 Å². The van der Waals surface area contributed by atoms with E-state index in [1.165, 1.54) is 12.1 Å². The van der Waals surface area contributed by atoms with Crippen molar-refractivity contribution in [1.82, 2.24) is 14.9 Å². The average Bonchev–Trinajstić information content (AvgIpc) is 2.77. The van der Waals surface area contributed by atoms with Crippen molar-refractivity contribution < 1.29 is 19.0 Å². The number of halogens is 1. The van der Waals surface area contributed by atoms with Crippen molar-refractivity contribution in [1.29, 1.82) is 0 Å². The van der Waals surface area contributed by atoms with Crippen LogP contribution in [0.15, 0.2) is 42.5 Å². The van der Waals surface area contributed by atoms with E-state index in [2.05, 4.69) is 4.98 Å². The number of aromatic nitrogens is 2. The van der Waals surface area contributed by atoms with E-state index in [0.29, 0.717) is 54.3 Å². The van der Waals surface area contributed by atoms with Crippen molar-refractivity contribution in [2.24, 2.45) is 0 Å².